The van der Waals surface area contributed by atoms with Gasteiger partial charge in [-0.2, -0.15) is 17.6 Å². The highest BCUT2D eigenvalue weighted by molar-refractivity contribution is 9.10. The van der Waals surface area contributed by atoms with Crippen molar-refractivity contribution in [3.05, 3.63) is 11.9 Å². The molecule has 0 aliphatic heterocycles. The van der Waals surface area contributed by atoms with Crippen molar-refractivity contribution in [2.75, 3.05) is 0 Å². The van der Waals surface area contributed by atoms with E-state index in [1.807, 2.05) is 0 Å². The number of rotatable bonds is 2. The molecule has 1 atom stereocenters. The van der Waals surface area contributed by atoms with Crippen LogP contribution in [0.1, 0.15) is 0 Å². The molecule has 0 heterocycles. The number of halogens is 7. The van der Waals surface area contributed by atoms with Crippen molar-refractivity contribution < 1.29 is 26.3 Å². The number of hydrogen-bond donors (Lipinski definition) is 0. The molecule has 0 amide bonds. The minimum atomic E-state index is -4.31. The summed E-state index contributed by atoms with van der Waals surface area (Å²) in [6.45, 7) is 0. The summed E-state index contributed by atoms with van der Waals surface area (Å²) in [4.78, 5) is -4.31. The van der Waals surface area contributed by atoms with Gasteiger partial charge in [0, 0.05) is 0 Å². The average molecular weight is 243 g/mol. The lowest BCUT2D eigenvalue weighted by atomic mass is 10.4. The van der Waals surface area contributed by atoms with Crippen LogP contribution in [0.25, 0.3) is 0 Å². The third-order valence-corrected chi connectivity index (χ3v) is 1.09. The highest BCUT2D eigenvalue weighted by Gasteiger charge is 2.42. The second kappa shape index (κ2) is 3.46. The van der Waals surface area contributed by atoms with Crippen LogP contribution in [0.2, 0.25) is 0 Å². The summed E-state index contributed by atoms with van der Waals surface area (Å²) in [6.07, 6.45) is -6.73. The summed E-state index contributed by atoms with van der Waals surface area (Å²) in [7, 11) is 0. The Labute approximate surface area is 66.0 Å². The lowest BCUT2D eigenvalue weighted by Gasteiger charge is -2.10. The molecule has 0 aromatic heterocycles. The Hall–Kier alpha value is -0.200. The summed E-state index contributed by atoms with van der Waals surface area (Å²) in [5, 5.41) is 0. The number of alkyl halides is 4. The molecule has 0 nitrogen and oxygen atoms in total. The Bertz CT molecular complexity index is 166. The van der Waals surface area contributed by atoms with E-state index >= 15 is 0 Å². The van der Waals surface area contributed by atoms with Crippen molar-refractivity contribution in [1.82, 2.24) is 0 Å². The molecular weight excluding hydrogens is 242 g/mol. The number of allylic oxidation sites excluding steroid dienone is 1. The lowest BCUT2D eigenvalue weighted by Crippen LogP contribution is -2.23. The van der Waals surface area contributed by atoms with Gasteiger partial charge in [-0.05, 0) is 15.9 Å². The standard InChI is InChI=1S/C4HBrF6/c5-4(10,11)2(7)1(6)3(8)9/h2H. The normalized spacial score (nSPS) is 14.5. The van der Waals surface area contributed by atoms with Crippen molar-refractivity contribution >= 4 is 15.9 Å². The topological polar surface area (TPSA) is 0 Å². The Morgan fingerprint density at radius 2 is 1.55 bits per heavy atom. The van der Waals surface area contributed by atoms with Crippen molar-refractivity contribution in [2.45, 2.75) is 11.0 Å². The zero-order valence-corrected chi connectivity index (χ0v) is 6.31. The highest BCUT2D eigenvalue weighted by atomic mass is 79.9. The fourth-order valence-electron chi connectivity index (χ4n) is 0.239. The molecule has 1 unspecified atom stereocenters. The van der Waals surface area contributed by atoms with E-state index in [9.17, 15) is 26.3 Å². The first-order valence-electron chi connectivity index (χ1n) is 2.18. The van der Waals surface area contributed by atoms with Crippen LogP contribution < -0.4 is 0 Å². The molecule has 0 aliphatic rings. The SMILES string of the molecule is FC(F)=C(F)C(F)C(F)(F)Br. The van der Waals surface area contributed by atoms with Crippen molar-refractivity contribution in [2.24, 2.45) is 0 Å². The van der Waals surface area contributed by atoms with E-state index in [1.165, 1.54) is 15.9 Å². The largest absolute Gasteiger partial charge is 0.338 e. The minimum Gasteiger partial charge on any atom is -0.232 e. The van der Waals surface area contributed by atoms with Crippen molar-refractivity contribution in [3.63, 3.8) is 0 Å². The zero-order valence-electron chi connectivity index (χ0n) is 4.72. The summed E-state index contributed by atoms with van der Waals surface area (Å²) in [6, 6.07) is 0. The molecule has 0 aliphatic carbocycles. The Morgan fingerprint density at radius 1 is 1.18 bits per heavy atom. The molecule has 0 fully saturated rings. The first-order valence-corrected chi connectivity index (χ1v) is 2.97. The predicted octanol–water partition coefficient (Wildman–Crippen LogP) is 3.39. The Balaban J connectivity index is 4.52. The molecule has 0 radical (unpaired) electrons. The molecule has 0 spiro atoms. The van der Waals surface area contributed by atoms with Crippen LogP contribution in [-0.2, 0) is 0 Å². The van der Waals surface area contributed by atoms with E-state index in [-0.39, 0.29) is 0 Å². The Kier molecular flexibility index (Phi) is 3.40. The maximum absolute atomic E-state index is 11.8. The van der Waals surface area contributed by atoms with Crippen molar-refractivity contribution in [3.8, 4) is 0 Å². The third-order valence-electron chi connectivity index (χ3n) is 0.690. The minimum absolute atomic E-state index is 1.40. The van der Waals surface area contributed by atoms with Gasteiger partial charge in [0.1, 0.15) is 0 Å². The van der Waals surface area contributed by atoms with E-state index in [0.717, 1.165) is 0 Å². The van der Waals surface area contributed by atoms with Crippen LogP contribution in [-0.4, -0.2) is 11.0 Å². The summed E-state index contributed by atoms with van der Waals surface area (Å²) in [5.41, 5.74) is 0. The van der Waals surface area contributed by atoms with Gasteiger partial charge in [-0.1, -0.05) is 0 Å². The number of hydrogen-bond acceptors (Lipinski definition) is 0. The quantitative estimate of drug-likeness (QED) is 0.515. The van der Waals surface area contributed by atoms with E-state index in [0.29, 0.717) is 0 Å². The lowest BCUT2D eigenvalue weighted by molar-refractivity contribution is 0.0262. The summed E-state index contributed by atoms with van der Waals surface area (Å²) < 4.78 is 69.1. The maximum Gasteiger partial charge on any atom is 0.338 e. The first kappa shape index (κ1) is 10.8. The third kappa shape index (κ3) is 3.13. The van der Waals surface area contributed by atoms with Crippen molar-refractivity contribution in [1.29, 1.82) is 0 Å². The molecule has 0 aromatic carbocycles. The molecule has 7 heteroatoms. The second-order valence-electron chi connectivity index (χ2n) is 1.51. The molecule has 0 saturated heterocycles. The first-order chi connectivity index (χ1) is 4.76. The molecule has 0 saturated carbocycles. The molecule has 0 aromatic rings. The van der Waals surface area contributed by atoms with Gasteiger partial charge in [0.15, 0.2) is 0 Å². The average Bonchev–Trinajstić information content (AvgIpc) is 1.82. The van der Waals surface area contributed by atoms with E-state index < -0.39 is 22.9 Å². The van der Waals surface area contributed by atoms with Crippen LogP contribution >= 0.6 is 15.9 Å². The van der Waals surface area contributed by atoms with Gasteiger partial charge in [0.25, 0.3) is 0 Å². The van der Waals surface area contributed by atoms with Gasteiger partial charge in [-0.3, -0.25) is 0 Å². The Morgan fingerprint density at radius 3 is 1.64 bits per heavy atom. The fraction of sp³-hybridized carbons (Fsp3) is 0.500. The molecular formula is C4HBrF6. The molecule has 0 rings (SSSR count). The monoisotopic (exact) mass is 242 g/mol. The second-order valence-corrected chi connectivity index (χ2v) is 2.57. The van der Waals surface area contributed by atoms with E-state index in [4.69, 9.17) is 0 Å². The fourth-order valence-corrected chi connectivity index (χ4v) is 0.440. The van der Waals surface area contributed by atoms with Crippen LogP contribution in [0, 0.1) is 0 Å². The molecule has 11 heavy (non-hydrogen) atoms. The van der Waals surface area contributed by atoms with Crippen LogP contribution in [0.3, 0.4) is 0 Å². The van der Waals surface area contributed by atoms with E-state index in [1.54, 1.807) is 0 Å². The van der Waals surface area contributed by atoms with Gasteiger partial charge in [-0.25, -0.2) is 8.78 Å². The van der Waals surface area contributed by atoms with Crippen LogP contribution in [0.5, 0.6) is 0 Å². The zero-order chi connectivity index (χ0) is 9.23. The van der Waals surface area contributed by atoms with E-state index in [2.05, 4.69) is 0 Å². The van der Waals surface area contributed by atoms with Gasteiger partial charge in [0.05, 0.1) is 0 Å². The summed E-state index contributed by atoms with van der Waals surface area (Å²) in [5.74, 6) is -2.76. The maximum atomic E-state index is 11.8. The van der Waals surface area contributed by atoms with Gasteiger partial charge >= 0.3 is 10.9 Å². The van der Waals surface area contributed by atoms with Crippen LogP contribution in [0.4, 0.5) is 26.3 Å². The smallest absolute Gasteiger partial charge is 0.232 e. The van der Waals surface area contributed by atoms with Gasteiger partial charge in [0.2, 0.25) is 12.0 Å². The van der Waals surface area contributed by atoms with Crippen LogP contribution in [0.15, 0.2) is 11.9 Å². The predicted molar refractivity (Wildman–Crippen MR) is 29.1 cm³/mol. The van der Waals surface area contributed by atoms with Gasteiger partial charge < -0.3 is 0 Å². The molecule has 66 valence electrons. The molecule has 0 N–H and O–H groups in total. The van der Waals surface area contributed by atoms with Gasteiger partial charge in [-0.15, -0.1) is 0 Å². The highest BCUT2D eigenvalue weighted by Crippen LogP contribution is 2.34. The molecule has 0 bridgehead atoms. The summed E-state index contributed by atoms with van der Waals surface area (Å²) >= 11 is 1.40.